The number of nitrogens with zero attached hydrogens (tertiary/aromatic N) is 1. The molecule has 8 unspecified atom stereocenters. The molecule has 0 saturated heterocycles. The van der Waals surface area contributed by atoms with Crippen LogP contribution in [0.15, 0.2) is 106 Å². The van der Waals surface area contributed by atoms with E-state index in [0.29, 0.717) is 44.1 Å². The molecule has 6 aliphatic rings. The van der Waals surface area contributed by atoms with E-state index >= 15 is 0 Å². The van der Waals surface area contributed by atoms with Gasteiger partial charge in [0.05, 0.1) is 11.7 Å². The van der Waals surface area contributed by atoms with Gasteiger partial charge in [-0.1, -0.05) is 80.6 Å². The molecule has 1 heterocycles. The molecule has 0 aliphatic heterocycles. The van der Waals surface area contributed by atoms with Gasteiger partial charge in [0, 0.05) is 40.5 Å². The first kappa shape index (κ1) is 36.1. The van der Waals surface area contributed by atoms with Crippen LogP contribution in [-0.4, -0.2) is 47.0 Å². The van der Waals surface area contributed by atoms with E-state index in [0.717, 1.165) is 46.2 Å². The fourth-order valence-corrected chi connectivity index (χ4v) is 14.7. The number of hydrogen-bond donors (Lipinski definition) is 2. The SMILES string of the molecule is CC12CCC(O)CC13C=CC1(C(C(=O)c4ccc(F)c(F)c4)=C3)C2CCC2(C)C1CCC2(O)CN(Cc1cccc2ccccc12)S(=O)(=O)c1cccs1. The third kappa shape index (κ3) is 4.89. The van der Waals surface area contributed by atoms with Crippen LogP contribution < -0.4 is 0 Å². The van der Waals surface area contributed by atoms with Crippen molar-refractivity contribution in [2.45, 2.75) is 81.3 Å². The number of sulfonamides is 1. The second-order valence-electron chi connectivity index (χ2n) is 17.1. The van der Waals surface area contributed by atoms with E-state index < -0.39 is 49.6 Å². The van der Waals surface area contributed by atoms with E-state index in [1.165, 1.54) is 10.4 Å². The van der Waals surface area contributed by atoms with Crippen LogP contribution in [0.5, 0.6) is 0 Å². The second-order valence-corrected chi connectivity index (χ2v) is 20.2. The molecule has 2 spiro atoms. The Bertz CT molecular complexity index is 2360. The fraction of sp³-hybridized carbons (Fsp3) is 0.432. The normalized spacial score (nSPS) is 35.5. The molecule has 0 amide bonds. The molecule has 6 nitrogen and oxygen atoms in total. The predicted molar refractivity (Wildman–Crippen MR) is 205 cm³/mol. The molecule has 2 bridgehead atoms. The van der Waals surface area contributed by atoms with Crippen LogP contribution >= 0.6 is 11.3 Å². The summed E-state index contributed by atoms with van der Waals surface area (Å²) in [5.41, 5.74) is -2.56. The lowest BCUT2D eigenvalue weighted by Gasteiger charge is -2.71. The molecule has 1 aromatic heterocycles. The van der Waals surface area contributed by atoms with Gasteiger partial charge in [0.15, 0.2) is 17.4 Å². The number of carbonyl (C=O) groups is 1. The number of halogens is 2. The van der Waals surface area contributed by atoms with Crippen molar-refractivity contribution in [3.8, 4) is 0 Å². The highest BCUT2D eigenvalue weighted by molar-refractivity contribution is 7.91. The Morgan fingerprint density at radius 1 is 0.889 bits per heavy atom. The van der Waals surface area contributed by atoms with Gasteiger partial charge in [0.1, 0.15) is 4.21 Å². The average Bonchev–Trinajstić information content (AvgIpc) is 3.80. The molecular weight excluding hydrogens is 725 g/mol. The molecule has 3 fully saturated rings. The minimum atomic E-state index is -4.03. The molecule has 4 aromatic rings. The molecule has 3 saturated carbocycles. The number of fused-ring (bicyclic) bond motifs is 2. The molecule has 0 radical (unpaired) electrons. The number of aliphatic hydroxyl groups excluding tert-OH is 1. The van der Waals surface area contributed by atoms with E-state index in [-0.39, 0.29) is 45.9 Å². The molecule has 282 valence electrons. The molecule has 10 rings (SSSR count). The molecule has 10 heteroatoms. The van der Waals surface area contributed by atoms with Gasteiger partial charge < -0.3 is 10.2 Å². The van der Waals surface area contributed by atoms with Crippen molar-refractivity contribution in [1.29, 1.82) is 0 Å². The quantitative estimate of drug-likeness (QED) is 0.138. The van der Waals surface area contributed by atoms with Crippen LogP contribution in [0.4, 0.5) is 8.78 Å². The first-order valence-corrected chi connectivity index (χ1v) is 21.3. The zero-order valence-electron chi connectivity index (χ0n) is 30.5. The highest BCUT2D eigenvalue weighted by atomic mass is 32.2. The minimum absolute atomic E-state index is 0.0150. The van der Waals surface area contributed by atoms with Crippen molar-refractivity contribution < 1.29 is 32.2 Å². The average molecular weight is 770 g/mol. The summed E-state index contributed by atoms with van der Waals surface area (Å²) in [5, 5.41) is 27.8. The van der Waals surface area contributed by atoms with Crippen LogP contribution in [-0.2, 0) is 16.6 Å². The highest BCUT2D eigenvalue weighted by Crippen LogP contribution is 2.78. The first-order valence-electron chi connectivity index (χ1n) is 19.0. The van der Waals surface area contributed by atoms with Crippen molar-refractivity contribution in [3.63, 3.8) is 0 Å². The summed E-state index contributed by atoms with van der Waals surface area (Å²) in [5.74, 6) is -2.76. The topological polar surface area (TPSA) is 94.9 Å². The number of allylic oxidation sites excluding steroid dienone is 4. The smallest absolute Gasteiger partial charge is 0.252 e. The Balaban J connectivity index is 1.16. The monoisotopic (exact) mass is 769 g/mol. The summed E-state index contributed by atoms with van der Waals surface area (Å²) in [6.45, 7) is 4.29. The Labute approximate surface area is 319 Å². The van der Waals surface area contributed by atoms with Crippen molar-refractivity contribution >= 4 is 37.9 Å². The van der Waals surface area contributed by atoms with Crippen molar-refractivity contribution in [3.05, 3.63) is 125 Å². The van der Waals surface area contributed by atoms with Crippen molar-refractivity contribution in [2.75, 3.05) is 6.54 Å². The number of benzene rings is 3. The third-order valence-corrected chi connectivity index (χ3v) is 18.1. The summed E-state index contributed by atoms with van der Waals surface area (Å²) < 4.78 is 59.5. The van der Waals surface area contributed by atoms with Crippen LogP contribution in [0, 0.1) is 45.1 Å². The number of thiophene rings is 1. The largest absolute Gasteiger partial charge is 0.393 e. The van der Waals surface area contributed by atoms with Gasteiger partial charge in [-0.2, -0.15) is 4.31 Å². The van der Waals surface area contributed by atoms with Crippen LogP contribution in [0.3, 0.4) is 0 Å². The van der Waals surface area contributed by atoms with Crippen LogP contribution in [0.1, 0.15) is 74.7 Å². The van der Waals surface area contributed by atoms with Gasteiger partial charge >= 0.3 is 0 Å². The fourth-order valence-electron chi connectivity index (χ4n) is 12.1. The van der Waals surface area contributed by atoms with E-state index in [1.54, 1.807) is 17.5 Å². The lowest BCUT2D eigenvalue weighted by atomic mass is 9.32. The molecule has 6 aliphatic carbocycles. The zero-order chi connectivity index (χ0) is 37.9. The third-order valence-electron chi connectivity index (χ3n) is 14.9. The van der Waals surface area contributed by atoms with Gasteiger partial charge in [-0.05, 0) is 108 Å². The zero-order valence-corrected chi connectivity index (χ0v) is 32.1. The maximum atomic E-state index is 14.8. The number of carbonyl (C=O) groups excluding carboxylic acids is 1. The lowest BCUT2D eigenvalue weighted by Crippen LogP contribution is -2.67. The van der Waals surface area contributed by atoms with Gasteiger partial charge in [0.25, 0.3) is 10.0 Å². The number of Topliss-reactive ketones (excluding diaryl/α,β-unsaturated/α-hetero) is 1. The van der Waals surface area contributed by atoms with Crippen molar-refractivity contribution in [2.24, 2.45) is 33.5 Å². The summed E-state index contributed by atoms with van der Waals surface area (Å²) in [4.78, 5) is 14.8. The summed E-state index contributed by atoms with van der Waals surface area (Å²) >= 11 is 1.15. The summed E-state index contributed by atoms with van der Waals surface area (Å²) in [7, 11) is -4.03. The molecule has 54 heavy (non-hydrogen) atoms. The molecular formula is C44H45F2NO5S2. The minimum Gasteiger partial charge on any atom is -0.393 e. The van der Waals surface area contributed by atoms with Gasteiger partial charge in [0.2, 0.25) is 0 Å². The van der Waals surface area contributed by atoms with Crippen LogP contribution in [0.25, 0.3) is 10.8 Å². The Morgan fingerprint density at radius 3 is 2.41 bits per heavy atom. The Morgan fingerprint density at radius 2 is 1.63 bits per heavy atom. The maximum absolute atomic E-state index is 14.8. The summed E-state index contributed by atoms with van der Waals surface area (Å²) in [6.07, 6.45) is 9.90. The van der Waals surface area contributed by atoms with E-state index in [2.05, 4.69) is 26.0 Å². The Kier molecular flexibility index (Phi) is 8.18. The number of hydrogen-bond acceptors (Lipinski definition) is 6. The van der Waals surface area contributed by atoms with Crippen LogP contribution in [0.2, 0.25) is 0 Å². The predicted octanol–water partition coefficient (Wildman–Crippen LogP) is 8.84. The Hall–Kier alpha value is -3.54. The van der Waals surface area contributed by atoms with Gasteiger partial charge in [-0.15, -0.1) is 11.3 Å². The number of aliphatic hydroxyl groups is 2. The maximum Gasteiger partial charge on any atom is 0.252 e. The number of rotatable bonds is 8. The second kappa shape index (κ2) is 12.2. The highest BCUT2D eigenvalue weighted by Gasteiger charge is 2.74. The van der Waals surface area contributed by atoms with E-state index in [9.17, 15) is 32.2 Å². The summed E-state index contributed by atoms with van der Waals surface area (Å²) in [6, 6.07) is 20.4. The van der Waals surface area contributed by atoms with E-state index in [4.69, 9.17) is 0 Å². The first-order chi connectivity index (χ1) is 25.7. The van der Waals surface area contributed by atoms with Crippen molar-refractivity contribution in [1.82, 2.24) is 4.31 Å². The molecule has 3 aromatic carbocycles. The lowest BCUT2D eigenvalue weighted by molar-refractivity contribution is -0.173. The number of ketones is 1. The molecule has 2 N–H and O–H groups in total. The molecule has 8 atom stereocenters. The standard InChI is InChI=1S/C44H45F2NO5S2/c1-40-17-14-31(48)24-42(40)20-21-44(33(25-42)39(49)29-12-13-34(45)35(46)23-29)36(40)15-18-41(2)37(44)16-19-43(41,50)27-47(54(51,52)38-11-6-22-53-38)26-30-9-5-8-28-7-3-4-10-32(28)30/h3-13,20-23,25,31,36-37,48,50H,14-19,24,26-27H2,1-2H3. The van der Waals surface area contributed by atoms with Gasteiger partial charge in [-0.25, -0.2) is 17.2 Å². The van der Waals surface area contributed by atoms with Gasteiger partial charge in [-0.3, -0.25) is 4.79 Å². The van der Waals surface area contributed by atoms with E-state index in [1.807, 2.05) is 48.5 Å².